The maximum absolute atomic E-state index is 13.7. The van der Waals surface area contributed by atoms with Crippen LogP contribution in [0.3, 0.4) is 0 Å². The molecule has 0 radical (unpaired) electrons. The third-order valence-electron chi connectivity index (χ3n) is 19.2. The van der Waals surface area contributed by atoms with Gasteiger partial charge in [-0.3, -0.25) is 48.1 Å². The lowest BCUT2D eigenvalue weighted by Crippen LogP contribution is -2.70. The first-order valence-electron chi connectivity index (χ1n) is 27.5. The number of nitrogens with zero attached hydrogens (tertiary/aromatic N) is 1. The molecule has 27 nitrogen and oxygen atoms in total. The van der Waals surface area contributed by atoms with Crippen molar-refractivity contribution in [3.05, 3.63) is 139 Å². The fourth-order valence-electron chi connectivity index (χ4n) is 15.1. The van der Waals surface area contributed by atoms with Gasteiger partial charge in [-0.05, 0) is 79.6 Å². The number of likely N-dealkylation sites (N-methyl/N-ethyl adjacent to an activating group) is 1. The number of aliphatic hydroxyl groups excluding tert-OH is 8. The van der Waals surface area contributed by atoms with Gasteiger partial charge in [0.1, 0.15) is 68.5 Å². The molecule has 462 valence electrons. The van der Waals surface area contributed by atoms with Gasteiger partial charge in [0.15, 0.2) is 34.2 Å². The lowest BCUT2D eigenvalue weighted by molar-refractivity contribution is -0.169. The van der Waals surface area contributed by atoms with Gasteiger partial charge in [-0.15, -0.1) is 0 Å². The van der Waals surface area contributed by atoms with E-state index in [0.717, 1.165) is 0 Å². The van der Waals surface area contributed by atoms with Crippen molar-refractivity contribution in [2.45, 2.75) is 86.4 Å². The van der Waals surface area contributed by atoms with Gasteiger partial charge in [0.2, 0.25) is 17.3 Å². The number of aliphatic hydroxyl groups is 11. The zero-order chi connectivity index (χ0) is 64.9. The van der Waals surface area contributed by atoms with Crippen LogP contribution in [0.25, 0.3) is 17.3 Å². The van der Waals surface area contributed by atoms with Gasteiger partial charge >= 0.3 is 0 Å². The summed E-state index contributed by atoms with van der Waals surface area (Å²) in [5.74, 6) is -23.5. The minimum absolute atomic E-state index is 0.0145. The molecule has 0 spiro atoms. The van der Waals surface area contributed by atoms with Crippen LogP contribution in [0.1, 0.15) is 78.3 Å². The summed E-state index contributed by atoms with van der Waals surface area (Å²) in [5.41, 5.74) is 5.37. The lowest BCUT2D eigenvalue weighted by atomic mass is 9.54. The molecule has 3 fully saturated rings. The number of phenols is 3. The number of hydrogen-bond donors (Lipinski definition) is 17. The average Bonchev–Trinajstić information content (AvgIpc) is 0.787. The summed E-state index contributed by atoms with van der Waals surface area (Å²) in [6, 6.07) is 12.3. The number of fused-ring (bicyclic) bond motifs is 9. The van der Waals surface area contributed by atoms with E-state index in [2.05, 4.69) is 0 Å². The van der Waals surface area contributed by atoms with Crippen molar-refractivity contribution in [3.63, 3.8) is 0 Å². The minimum Gasteiger partial charge on any atom is -0.508 e. The number of aromatic hydroxyl groups is 3. The predicted octanol–water partition coefficient (Wildman–Crippen LogP) is -0.125. The van der Waals surface area contributed by atoms with Crippen LogP contribution in [0.15, 0.2) is 105 Å². The Hall–Kier alpha value is -9.51. The van der Waals surface area contributed by atoms with Crippen molar-refractivity contribution in [1.82, 2.24) is 4.90 Å². The fraction of sp³-hybridized carbons (Fsp3) is 0.361. The number of amides is 3. The van der Waals surface area contributed by atoms with Crippen molar-refractivity contribution in [2.75, 3.05) is 14.1 Å². The number of primary amides is 3. The molecule has 12 rings (SSSR count). The first kappa shape index (κ1) is 61.6. The number of ketones is 6. The monoisotopic (exact) mass is 1220 g/mol. The summed E-state index contributed by atoms with van der Waals surface area (Å²) in [7, 11) is 2.92. The molecule has 0 saturated heterocycles. The first-order valence-corrected chi connectivity index (χ1v) is 27.5. The lowest BCUT2D eigenvalue weighted by Gasteiger charge is -2.53. The van der Waals surface area contributed by atoms with E-state index in [4.69, 9.17) is 17.2 Å². The molecule has 0 aromatic heterocycles. The van der Waals surface area contributed by atoms with Gasteiger partial charge in [0, 0.05) is 53.2 Å². The smallest absolute Gasteiger partial charge is 0.255 e. The Morgan fingerprint density at radius 1 is 0.511 bits per heavy atom. The maximum Gasteiger partial charge on any atom is 0.255 e. The highest BCUT2D eigenvalue weighted by Crippen LogP contribution is 2.59. The van der Waals surface area contributed by atoms with E-state index in [0.29, 0.717) is 23.1 Å². The molecular formula is C61H60N4O23. The van der Waals surface area contributed by atoms with E-state index in [1.807, 2.05) is 0 Å². The van der Waals surface area contributed by atoms with Crippen LogP contribution in [0.5, 0.6) is 17.2 Å². The van der Waals surface area contributed by atoms with E-state index in [1.54, 1.807) is 50.2 Å². The van der Waals surface area contributed by atoms with E-state index in [-0.39, 0.29) is 57.9 Å². The molecule has 3 saturated carbocycles. The van der Waals surface area contributed by atoms with Crippen molar-refractivity contribution < 1.29 is 115 Å². The number of carbonyl (C=O) groups excluding carboxylic acids is 9. The molecule has 0 aliphatic heterocycles. The van der Waals surface area contributed by atoms with E-state index >= 15 is 0 Å². The van der Waals surface area contributed by atoms with Gasteiger partial charge in [-0.2, -0.15) is 0 Å². The molecule has 3 aromatic carbocycles. The van der Waals surface area contributed by atoms with Crippen LogP contribution < -0.4 is 17.2 Å². The van der Waals surface area contributed by atoms with Crippen molar-refractivity contribution in [1.29, 1.82) is 0 Å². The van der Waals surface area contributed by atoms with Gasteiger partial charge in [0.05, 0.1) is 40.9 Å². The van der Waals surface area contributed by atoms with Crippen LogP contribution in [-0.4, -0.2) is 178 Å². The molecule has 14 atom stereocenters. The molecule has 9 aliphatic rings. The van der Waals surface area contributed by atoms with Crippen molar-refractivity contribution >= 4 is 69.7 Å². The second-order valence-electron chi connectivity index (χ2n) is 23.7. The number of nitrogens with two attached hydrogens (primary N) is 3. The highest BCUT2D eigenvalue weighted by molar-refractivity contribution is 6.26. The SMILES string of the molecule is C[C@@H]1c2cccc(O)c2C(O)=C2C(=O)[C@]3(O)C(O)=C(C(N)=O)C(=O)CC3[C@@H](O)C21.C[C@@H]1c2cccc(O)c2C(O)=C2C(=O)[C@]3(O)C(O)=C(C(N)=O)C(=O)[C@H](N(C)C)C3[C@@H](O)C21.NC(=O)C1=C(O)[C@@]2(O)C(=O)C3=C(O)c4c(O)cccc4CC3CC2CC1=O. The van der Waals surface area contributed by atoms with E-state index in [1.165, 1.54) is 37.2 Å². The maximum atomic E-state index is 13.7. The normalized spacial score (nSPS) is 32.9. The molecule has 6 unspecified atom stereocenters. The Morgan fingerprint density at radius 3 is 1.41 bits per heavy atom. The zero-order valence-electron chi connectivity index (χ0n) is 47.0. The Bertz CT molecular complexity index is 3980. The largest absolute Gasteiger partial charge is 0.508 e. The summed E-state index contributed by atoms with van der Waals surface area (Å²) >= 11 is 0. The van der Waals surface area contributed by atoms with Crippen LogP contribution in [0.4, 0.5) is 0 Å². The van der Waals surface area contributed by atoms with Gasteiger partial charge in [0.25, 0.3) is 17.7 Å². The van der Waals surface area contributed by atoms with Crippen LogP contribution >= 0.6 is 0 Å². The molecule has 9 aliphatic carbocycles. The standard InChI is InChI=1S/C22H24N2O8.C20H19NO8.C19H17NO7/c1-7-8-5-4-6-9(25)11(8)16(26)12-10(7)17(27)14-15(24(2)3)18(28)13(21(23)31)20(30)22(14,32)19(12)29;1-6-7-3-2-4-9(22)12(7)16(25)14-11(6)15(24)8-5-10(23)13(19(21)28)17(26)20(8,29)18(14)27;20-18(26)14-11(22)6-9-5-8-4-7-2-1-3-10(21)12(7)15(23)13(8)16(24)19(9,27)17(14)25/h4-7,10,14-15,17,25-27,30,32H,1-3H3,(H2,23,31);2-4,6,8,11,15,22,24-26,29H,5H2,1H3,(H2,21,28);1-3,8-9,21,23,25,27H,4-6H2,(H2,20,26)/t7-,10?,14?,15-,17+,22+;6-,8?,11?,15-,20-;8?,9?,19-/m110/s1. The Balaban J connectivity index is 0.000000146. The molecule has 27 heteroatoms. The van der Waals surface area contributed by atoms with E-state index in [9.17, 15) is 115 Å². The van der Waals surface area contributed by atoms with Crippen LogP contribution in [0.2, 0.25) is 0 Å². The first-order chi connectivity index (χ1) is 41.1. The number of benzene rings is 3. The molecule has 3 amide bonds. The summed E-state index contributed by atoms with van der Waals surface area (Å²) in [4.78, 5) is 114. The number of carbonyl (C=O) groups is 9. The summed E-state index contributed by atoms with van der Waals surface area (Å²) in [5, 5.41) is 151. The van der Waals surface area contributed by atoms with Gasteiger partial charge in [-0.25, -0.2) is 0 Å². The Labute approximate surface area is 496 Å². The minimum atomic E-state index is -2.89. The third-order valence-corrected chi connectivity index (χ3v) is 19.2. The summed E-state index contributed by atoms with van der Waals surface area (Å²) in [6.07, 6.45) is -3.55. The second kappa shape index (κ2) is 20.8. The zero-order valence-corrected chi connectivity index (χ0v) is 47.0. The molecule has 20 N–H and O–H groups in total. The predicted molar refractivity (Wildman–Crippen MR) is 299 cm³/mol. The van der Waals surface area contributed by atoms with Crippen LogP contribution in [0, 0.1) is 35.5 Å². The fourth-order valence-corrected chi connectivity index (χ4v) is 15.1. The molecule has 3 aromatic rings. The topological polar surface area (TPSA) is 518 Å². The summed E-state index contributed by atoms with van der Waals surface area (Å²) < 4.78 is 0. The number of Topliss-reactive ketones (excluding diaryl/α,β-unsaturated/α-hetero) is 6. The average molecular weight is 1220 g/mol. The highest BCUT2D eigenvalue weighted by Gasteiger charge is 2.69. The van der Waals surface area contributed by atoms with E-state index < -0.39 is 198 Å². The van der Waals surface area contributed by atoms with Gasteiger partial charge < -0.3 is 88.7 Å². The number of phenolic OH excluding ortho intramolecular Hbond substituents is 3. The molecule has 0 heterocycles. The highest BCUT2D eigenvalue weighted by atomic mass is 16.4. The number of hydrogen-bond acceptors (Lipinski definition) is 24. The number of rotatable bonds is 4. The summed E-state index contributed by atoms with van der Waals surface area (Å²) in [6.45, 7) is 3.35. The van der Waals surface area contributed by atoms with Crippen molar-refractivity contribution in [3.8, 4) is 17.2 Å². The van der Waals surface area contributed by atoms with Crippen molar-refractivity contribution in [2.24, 2.45) is 52.7 Å². The quantitative estimate of drug-likeness (QED) is 0.151. The van der Waals surface area contributed by atoms with Crippen LogP contribution in [-0.2, 0) is 49.6 Å². The molecule has 0 bridgehead atoms. The third kappa shape index (κ3) is 8.21. The molecule has 88 heavy (non-hydrogen) atoms. The second-order valence-corrected chi connectivity index (χ2v) is 23.7. The Morgan fingerprint density at radius 2 is 0.920 bits per heavy atom. The van der Waals surface area contributed by atoms with Gasteiger partial charge in [-0.1, -0.05) is 50.2 Å². The molecular weight excluding hydrogens is 1160 g/mol. The Kier molecular flexibility index (Phi) is 14.6.